The molecule has 6 rings (SSSR count). The Morgan fingerprint density at radius 1 is 0.841 bits per heavy atom. The van der Waals surface area contributed by atoms with Gasteiger partial charge in [0, 0.05) is 29.5 Å². The summed E-state index contributed by atoms with van der Waals surface area (Å²) in [6.07, 6.45) is 1.37. The lowest BCUT2D eigenvalue weighted by atomic mass is 10.1. The molecule has 10 heteroatoms. The molecule has 0 aliphatic heterocycles. The van der Waals surface area contributed by atoms with E-state index in [2.05, 4.69) is 15.3 Å². The van der Waals surface area contributed by atoms with Gasteiger partial charge in [-0.25, -0.2) is 23.1 Å². The Labute approximate surface area is 251 Å². The third-order valence-corrected chi connectivity index (χ3v) is 7.31. The molecule has 0 radical (unpaired) electrons. The summed E-state index contributed by atoms with van der Waals surface area (Å²) in [5, 5.41) is 3.31. The molecule has 0 fully saturated rings. The lowest BCUT2D eigenvalue weighted by Gasteiger charge is -2.16. The fraction of sp³-hybridized carbons (Fsp3) is 0.118. The molecule has 0 bridgehead atoms. The molecule has 0 aliphatic rings. The van der Waals surface area contributed by atoms with Crippen LogP contribution in [0, 0.1) is 24.4 Å². The topological polar surface area (TPSA) is 87.2 Å². The van der Waals surface area contributed by atoms with E-state index in [1.165, 1.54) is 18.5 Å². The molecule has 7 nitrogen and oxygen atoms in total. The van der Waals surface area contributed by atoms with Gasteiger partial charge in [0.25, 0.3) is 0 Å². The first-order valence-electron chi connectivity index (χ1n) is 13.8. The number of fused-ring (bicyclic) bond motifs is 1. The average Bonchev–Trinajstić information content (AvgIpc) is 3.32. The Hall–Kier alpha value is -5.51. The first kappa shape index (κ1) is 28.6. The van der Waals surface area contributed by atoms with E-state index in [0.717, 1.165) is 29.0 Å². The Morgan fingerprint density at radius 3 is 2.25 bits per heavy atom. The molecule has 0 amide bonds. The van der Waals surface area contributed by atoms with Gasteiger partial charge in [-0.2, -0.15) is 0 Å². The maximum absolute atomic E-state index is 15.6. The Morgan fingerprint density at radius 2 is 1.57 bits per heavy atom. The second-order valence-corrected chi connectivity index (χ2v) is 10.2. The van der Waals surface area contributed by atoms with Crippen LogP contribution in [-0.4, -0.2) is 21.6 Å². The van der Waals surface area contributed by atoms with Gasteiger partial charge in [-0.1, -0.05) is 42.5 Å². The summed E-state index contributed by atoms with van der Waals surface area (Å²) in [6.45, 7) is 2.25. The van der Waals surface area contributed by atoms with Crippen molar-refractivity contribution < 1.29 is 22.6 Å². The number of aryl methyl sites for hydroxylation is 1. The largest absolute Gasteiger partial charge is 0.497 e. The average molecular weight is 596 g/mol. The van der Waals surface area contributed by atoms with Crippen LogP contribution in [0.5, 0.6) is 11.5 Å². The van der Waals surface area contributed by atoms with Gasteiger partial charge < -0.3 is 25.1 Å². The molecule has 44 heavy (non-hydrogen) atoms. The number of aromatic nitrogens is 3. The predicted molar refractivity (Wildman–Crippen MR) is 164 cm³/mol. The highest BCUT2D eigenvalue weighted by atomic mass is 19.1. The molecular weight excluding hydrogens is 567 g/mol. The van der Waals surface area contributed by atoms with E-state index in [4.69, 9.17) is 15.2 Å². The number of nitrogens with one attached hydrogen (secondary N) is 1. The van der Waals surface area contributed by atoms with Gasteiger partial charge in [0.2, 0.25) is 0 Å². The van der Waals surface area contributed by atoms with E-state index in [-0.39, 0.29) is 29.3 Å². The second-order valence-electron chi connectivity index (χ2n) is 10.2. The van der Waals surface area contributed by atoms with Gasteiger partial charge in [0.05, 0.1) is 23.9 Å². The molecule has 0 unspecified atom stereocenters. The summed E-state index contributed by atoms with van der Waals surface area (Å²) in [5.74, 6) is -1.23. The molecule has 3 N–H and O–H groups in total. The lowest BCUT2D eigenvalue weighted by Crippen LogP contribution is -2.07. The highest BCUT2D eigenvalue weighted by Crippen LogP contribution is 2.40. The summed E-state index contributed by atoms with van der Waals surface area (Å²) >= 11 is 0. The van der Waals surface area contributed by atoms with Crippen molar-refractivity contribution >= 4 is 22.5 Å². The zero-order valence-corrected chi connectivity index (χ0v) is 23.9. The van der Waals surface area contributed by atoms with Gasteiger partial charge in [0.1, 0.15) is 35.8 Å². The fourth-order valence-electron chi connectivity index (χ4n) is 5.17. The van der Waals surface area contributed by atoms with Crippen LogP contribution >= 0.6 is 0 Å². The summed E-state index contributed by atoms with van der Waals surface area (Å²) < 4.78 is 59.0. The SMILES string of the molecule is COc1ccc(CNc2ncnc3c(C)c(-c4c(F)cc(N)cc4F)n(-c4ccc(OCc5ccccc5)c(F)c4)c23)cc1. The number of nitrogen functional groups attached to an aromatic ring is 1. The molecular formula is C34H28F3N5O2. The molecule has 2 heterocycles. The van der Waals surface area contributed by atoms with Gasteiger partial charge in [-0.3, -0.25) is 0 Å². The molecule has 0 saturated carbocycles. The summed E-state index contributed by atoms with van der Waals surface area (Å²) in [5.41, 5.74) is 8.94. The number of rotatable bonds is 9. The summed E-state index contributed by atoms with van der Waals surface area (Å²) in [7, 11) is 1.59. The molecule has 0 aliphatic carbocycles. The third kappa shape index (κ3) is 5.49. The Kier molecular flexibility index (Phi) is 7.80. The fourth-order valence-corrected chi connectivity index (χ4v) is 5.17. The minimum absolute atomic E-state index is 0.0336. The third-order valence-electron chi connectivity index (χ3n) is 7.31. The van der Waals surface area contributed by atoms with Crippen molar-refractivity contribution in [2.75, 3.05) is 18.2 Å². The molecule has 0 saturated heterocycles. The van der Waals surface area contributed by atoms with Crippen molar-refractivity contribution in [1.82, 2.24) is 14.5 Å². The van der Waals surface area contributed by atoms with E-state index in [0.29, 0.717) is 34.6 Å². The quantitative estimate of drug-likeness (QED) is 0.168. The number of halogens is 3. The minimum atomic E-state index is -0.862. The normalized spacial score (nSPS) is 11.1. The van der Waals surface area contributed by atoms with Gasteiger partial charge in [-0.15, -0.1) is 0 Å². The number of anilines is 2. The number of benzene rings is 4. The van der Waals surface area contributed by atoms with Crippen molar-refractivity contribution in [2.45, 2.75) is 20.1 Å². The van der Waals surface area contributed by atoms with Crippen molar-refractivity contribution in [3.63, 3.8) is 0 Å². The number of nitrogens with two attached hydrogens (primary N) is 1. The van der Waals surface area contributed by atoms with Gasteiger partial charge in [-0.05, 0) is 54.4 Å². The highest BCUT2D eigenvalue weighted by molar-refractivity contribution is 5.97. The monoisotopic (exact) mass is 595 g/mol. The molecule has 6 aromatic rings. The van der Waals surface area contributed by atoms with Crippen molar-refractivity contribution in [3.8, 4) is 28.4 Å². The van der Waals surface area contributed by atoms with Crippen LogP contribution < -0.4 is 20.5 Å². The van der Waals surface area contributed by atoms with Crippen LogP contribution in [-0.2, 0) is 13.2 Å². The molecule has 4 aromatic carbocycles. The van der Waals surface area contributed by atoms with Crippen molar-refractivity contribution in [3.05, 3.63) is 125 Å². The minimum Gasteiger partial charge on any atom is -0.497 e. The number of ether oxygens (including phenoxy) is 2. The maximum Gasteiger partial charge on any atom is 0.167 e. The van der Waals surface area contributed by atoms with Crippen molar-refractivity contribution in [1.29, 1.82) is 0 Å². The van der Waals surface area contributed by atoms with E-state index < -0.39 is 17.5 Å². The van der Waals surface area contributed by atoms with Crippen LogP contribution in [0.4, 0.5) is 24.7 Å². The number of hydrogen-bond donors (Lipinski definition) is 2. The lowest BCUT2D eigenvalue weighted by molar-refractivity contribution is 0.290. The van der Waals surface area contributed by atoms with Crippen molar-refractivity contribution in [2.24, 2.45) is 0 Å². The first-order valence-corrected chi connectivity index (χ1v) is 13.8. The first-order chi connectivity index (χ1) is 21.3. The maximum atomic E-state index is 15.6. The smallest absolute Gasteiger partial charge is 0.167 e. The van der Waals surface area contributed by atoms with Gasteiger partial charge >= 0.3 is 0 Å². The van der Waals surface area contributed by atoms with Crippen LogP contribution in [0.3, 0.4) is 0 Å². The van der Waals surface area contributed by atoms with Crippen LogP contribution in [0.1, 0.15) is 16.7 Å². The van der Waals surface area contributed by atoms with E-state index in [1.54, 1.807) is 24.7 Å². The summed E-state index contributed by atoms with van der Waals surface area (Å²) in [4.78, 5) is 8.91. The Bertz CT molecular complexity index is 1940. The van der Waals surface area contributed by atoms with E-state index in [9.17, 15) is 0 Å². The number of methoxy groups -OCH3 is 1. The highest BCUT2D eigenvalue weighted by Gasteiger charge is 2.26. The van der Waals surface area contributed by atoms with Gasteiger partial charge in [0.15, 0.2) is 17.4 Å². The molecule has 2 aromatic heterocycles. The van der Waals surface area contributed by atoms with Crippen LogP contribution in [0.2, 0.25) is 0 Å². The van der Waals surface area contributed by atoms with E-state index >= 15 is 13.2 Å². The molecule has 0 atom stereocenters. The van der Waals surface area contributed by atoms with Crippen LogP contribution in [0.25, 0.3) is 28.0 Å². The van der Waals surface area contributed by atoms with Crippen LogP contribution in [0.15, 0.2) is 91.3 Å². The zero-order valence-electron chi connectivity index (χ0n) is 23.9. The zero-order chi connectivity index (χ0) is 30.8. The number of nitrogens with zero attached hydrogens (tertiary/aromatic N) is 3. The molecule has 0 spiro atoms. The van der Waals surface area contributed by atoms with E-state index in [1.807, 2.05) is 54.6 Å². The Balaban J connectivity index is 1.49. The standard InChI is InChI=1S/C34H28F3N5O2/c1-20-31-33(34(41-19-40-31)39-17-21-8-11-25(43-2)12-9-21)42(32(20)30-27(36)14-23(38)15-28(30)37)24-10-13-29(26(35)16-24)44-18-22-6-4-3-5-7-22/h3-16,19H,17-18,38H2,1-2H3,(H,39,40,41). The summed E-state index contributed by atoms with van der Waals surface area (Å²) in [6, 6.07) is 23.4. The second kappa shape index (κ2) is 12.0. The molecule has 222 valence electrons. The number of hydrogen-bond acceptors (Lipinski definition) is 6. The predicted octanol–water partition coefficient (Wildman–Crippen LogP) is 7.60.